The molecule has 0 saturated carbocycles. The van der Waals surface area contributed by atoms with Crippen LogP contribution in [0.2, 0.25) is 0 Å². The van der Waals surface area contributed by atoms with E-state index in [2.05, 4.69) is 9.72 Å². The molecule has 1 rings (SSSR count). The maximum Gasteiger partial charge on any atom is 0.310 e. The fourth-order valence-corrected chi connectivity index (χ4v) is 1.61. The van der Waals surface area contributed by atoms with Gasteiger partial charge in [-0.05, 0) is 18.1 Å². The Balaban J connectivity index is 3.29. The molecule has 0 bridgehead atoms. The molecule has 6 heteroatoms. The van der Waals surface area contributed by atoms with Crippen molar-refractivity contribution in [3.8, 4) is 0 Å². The number of rotatable bonds is 4. The average Bonchev–Trinajstić information content (AvgIpc) is 2.28. The molecule has 94 valence electrons. The maximum atomic E-state index is 12.9. The van der Waals surface area contributed by atoms with Crippen LogP contribution in [0.25, 0.3) is 0 Å². The van der Waals surface area contributed by atoms with Gasteiger partial charge >= 0.3 is 5.97 Å². The zero-order valence-corrected chi connectivity index (χ0v) is 9.67. The van der Waals surface area contributed by atoms with Gasteiger partial charge in [-0.15, -0.1) is 0 Å². The molecule has 1 heterocycles. The van der Waals surface area contributed by atoms with Crippen LogP contribution in [-0.2, 0) is 22.5 Å². The summed E-state index contributed by atoms with van der Waals surface area (Å²) in [5.74, 6) is -0.589. The van der Waals surface area contributed by atoms with Gasteiger partial charge in [0.1, 0.15) is 0 Å². The summed E-state index contributed by atoms with van der Waals surface area (Å²) >= 11 is 0. The normalized spacial score (nSPS) is 10.7. The van der Waals surface area contributed by atoms with Crippen LogP contribution in [0.4, 0.5) is 8.78 Å². The second-order valence-corrected chi connectivity index (χ2v) is 3.54. The number of hydrogen-bond acceptors (Lipinski definition) is 4. The molecule has 0 radical (unpaired) electrons. The molecule has 0 amide bonds. The number of hydrogen-bond donors (Lipinski definition) is 1. The summed E-state index contributed by atoms with van der Waals surface area (Å²) in [4.78, 5) is 15.2. The Labute approximate surface area is 97.8 Å². The van der Waals surface area contributed by atoms with E-state index in [4.69, 9.17) is 5.73 Å². The third kappa shape index (κ3) is 2.97. The molecule has 1 aromatic rings. The van der Waals surface area contributed by atoms with E-state index in [-0.39, 0.29) is 24.1 Å². The molecule has 0 fully saturated rings. The largest absolute Gasteiger partial charge is 0.469 e. The molecule has 0 saturated heterocycles. The molecular weight excluding hydrogens is 230 g/mol. The highest BCUT2D eigenvalue weighted by atomic mass is 19.3. The van der Waals surface area contributed by atoms with Crippen molar-refractivity contribution < 1.29 is 18.3 Å². The van der Waals surface area contributed by atoms with E-state index in [1.54, 1.807) is 0 Å². The Morgan fingerprint density at radius 3 is 2.71 bits per heavy atom. The zero-order chi connectivity index (χ0) is 13.0. The number of ether oxygens (including phenoxy) is 1. The molecule has 0 aliphatic rings. The van der Waals surface area contributed by atoms with Crippen molar-refractivity contribution in [1.29, 1.82) is 0 Å². The summed E-state index contributed by atoms with van der Waals surface area (Å²) in [6.07, 6.45) is -1.56. The van der Waals surface area contributed by atoms with Crippen molar-refractivity contribution in [3.63, 3.8) is 0 Å². The molecule has 0 aliphatic heterocycles. The van der Waals surface area contributed by atoms with Gasteiger partial charge in [-0.25, -0.2) is 8.78 Å². The van der Waals surface area contributed by atoms with E-state index >= 15 is 0 Å². The first-order valence-electron chi connectivity index (χ1n) is 5.03. The highest BCUT2D eigenvalue weighted by Gasteiger charge is 2.21. The lowest BCUT2D eigenvalue weighted by Crippen LogP contribution is -2.14. The number of aromatic nitrogens is 1. The summed E-state index contributed by atoms with van der Waals surface area (Å²) in [5.41, 5.74) is 6.07. The maximum absolute atomic E-state index is 12.9. The highest BCUT2D eigenvalue weighted by Crippen LogP contribution is 2.28. The Morgan fingerprint density at radius 2 is 2.24 bits per heavy atom. The third-order valence-corrected chi connectivity index (χ3v) is 2.47. The lowest BCUT2D eigenvalue weighted by atomic mass is 9.99. The van der Waals surface area contributed by atoms with Crippen LogP contribution in [0.15, 0.2) is 6.20 Å². The Bertz CT molecular complexity index is 422. The van der Waals surface area contributed by atoms with Gasteiger partial charge in [0.05, 0.1) is 19.2 Å². The van der Waals surface area contributed by atoms with Gasteiger partial charge in [-0.1, -0.05) is 0 Å². The summed E-state index contributed by atoms with van der Waals surface area (Å²) in [7, 11) is 1.20. The number of aryl methyl sites for hydroxylation is 1. The molecular formula is C11H14F2N2O2. The van der Waals surface area contributed by atoms with Gasteiger partial charge < -0.3 is 10.5 Å². The van der Waals surface area contributed by atoms with Crippen LogP contribution in [0.3, 0.4) is 0 Å². The Hall–Kier alpha value is -1.56. The topological polar surface area (TPSA) is 65.2 Å². The van der Waals surface area contributed by atoms with Gasteiger partial charge in [-0.3, -0.25) is 9.78 Å². The molecule has 2 N–H and O–H groups in total. The first-order chi connectivity index (χ1) is 8.01. The highest BCUT2D eigenvalue weighted by molar-refractivity contribution is 5.73. The van der Waals surface area contributed by atoms with Crippen LogP contribution in [0.1, 0.15) is 28.8 Å². The lowest BCUT2D eigenvalue weighted by Gasteiger charge is -2.14. The number of alkyl halides is 2. The Kier molecular flexibility index (Phi) is 4.51. The molecule has 0 unspecified atom stereocenters. The average molecular weight is 244 g/mol. The van der Waals surface area contributed by atoms with Crippen molar-refractivity contribution in [2.24, 2.45) is 5.73 Å². The van der Waals surface area contributed by atoms with E-state index in [0.29, 0.717) is 11.3 Å². The molecule has 0 aromatic carbocycles. The first kappa shape index (κ1) is 13.5. The smallest absolute Gasteiger partial charge is 0.310 e. The van der Waals surface area contributed by atoms with Crippen LogP contribution in [-0.4, -0.2) is 18.1 Å². The van der Waals surface area contributed by atoms with E-state index in [1.165, 1.54) is 20.2 Å². The van der Waals surface area contributed by atoms with E-state index in [1.807, 2.05) is 0 Å². The van der Waals surface area contributed by atoms with Crippen LogP contribution in [0, 0.1) is 6.92 Å². The standard InChI is InChI=1S/C11H14F2N2O2/c1-6-5-15-8(4-14)7(3-9(16)17-2)10(6)11(12)13/h5,11H,3-4,14H2,1-2H3. The van der Waals surface area contributed by atoms with Crippen molar-refractivity contribution in [2.45, 2.75) is 26.3 Å². The summed E-state index contributed by atoms with van der Waals surface area (Å²) in [6.45, 7) is 1.53. The van der Waals surface area contributed by atoms with E-state index in [0.717, 1.165) is 0 Å². The number of pyridine rings is 1. The predicted octanol–water partition coefficient (Wildman–Crippen LogP) is 1.50. The molecule has 17 heavy (non-hydrogen) atoms. The van der Waals surface area contributed by atoms with Crippen molar-refractivity contribution in [2.75, 3.05) is 7.11 Å². The van der Waals surface area contributed by atoms with Crippen LogP contribution in [0.5, 0.6) is 0 Å². The lowest BCUT2D eigenvalue weighted by molar-refractivity contribution is -0.139. The van der Waals surface area contributed by atoms with Gasteiger partial charge in [0.2, 0.25) is 0 Å². The second kappa shape index (κ2) is 5.67. The number of carbonyl (C=O) groups excluding carboxylic acids is 1. The van der Waals surface area contributed by atoms with Gasteiger partial charge in [0, 0.05) is 18.3 Å². The number of methoxy groups -OCH3 is 1. The minimum Gasteiger partial charge on any atom is -0.469 e. The number of nitrogens with two attached hydrogens (primary N) is 1. The minimum atomic E-state index is -2.66. The summed E-state index contributed by atoms with van der Waals surface area (Å²) in [5, 5.41) is 0. The van der Waals surface area contributed by atoms with E-state index in [9.17, 15) is 13.6 Å². The van der Waals surface area contributed by atoms with Crippen molar-refractivity contribution in [1.82, 2.24) is 4.98 Å². The fraction of sp³-hybridized carbons (Fsp3) is 0.455. The predicted molar refractivity (Wildman–Crippen MR) is 57.5 cm³/mol. The van der Waals surface area contributed by atoms with Crippen molar-refractivity contribution >= 4 is 5.97 Å². The molecule has 1 aromatic heterocycles. The van der Waals surface area contributed by atoms with Crippen LogP contribution < -0.4 is 5.73 Å². The number of esters is 1. The molecule has 0 aliphatic carbocycles. The molecule has 0 atom stereocenters. The van der Waals surface area contributed by atoms with E-state index < -0.39 is 12.4 Å². The van der Waals surface area contributed by atoms with Crippen molar-refractivity contribution in [3.05, 3.63) is 28.6 Å². The number of halogens is 2. The SMILES string of the molecule is COC(=O)Cc1c(CN)ncc(C)c1C(F)F. The minimum absolute atomic E-state index is 0.00628. The first-order valence-corrected chi connectivity index (χ1v) is 5.03. The van der Waals surface area contributed by atoms with Gasteiger partial charge in [-0.2, -0.15) is 0 Å². The number of carbonyl (C=O) groups is 1. The monoisotopic (exact) mass is 244 g/mol. The summed E-state index contributed by atoms with van der Waals surface area (Å²) in [6, 6.07) is 0. The number of nitrogens with zero attached hydrogens (tertiary/aromatic N) is 1. The van der Waals surface area contributed by atoms with Crippen LogP contribution >= 0.6 is 0 Å². The quantitative estimate of drug-likeness (QED) is 0.815. The third-order valence-electron chi connectivity index (χ3n) is 2.47. The molecule has 0 spiro atoms. The second-order valence-electron chi connectivity index (χ2n) is 3.54. The Morgan fingerprint density at radius 1 is 1.59 bits per heavy atom. The van der Waals surface area contributed by atoms with Gasteiger partial charge in [0.15, 0.2) is 0 Å². The fourth-order valence-electron chi connectivity index (χ4n) is 1.61. The molecule has 4 nitrogen and oxygen atoms in total. The zero-order valence-electron chi connectivity index (χ0n) is 9.67. The van der Waals surface area contributed by atoms with Gasteiger partial charge in [0.25, 0.3) is 6.43 Å². The summed E-state index contributed by atoms with van der Waals surface area (Å²) < 4.78 is 30.4.